The molecule has 3 nitrogen and oxygen atoms in total. The predicted octanol–water partition coefficient (Wildman–Crippen LogP) is 2.66. The molecule has 0 aliphatic heterocycles. The molecule has 2 aromatic rings. The zero-order valence-corrected chi connectivity index (χ0v) is 8.53. The molecule has 0 amide bonds. The van der Waals surface area contributed by atoms with Crippen LogP contribution in [0.1, 0.15) is 17.0 Å². The van der Waals surface area contributed by atoms with E-state index in [4.69, 9.17) is 4.52 Å². The summed E-state index contributed by atoms with van der Waals surface area (Å²) in [6.07, 6.45) is 0. The number of rotatable bonds is 1. The van der Waals surface area contributed by atoms with Crippen molar-refractivity contribution in [2.75, 3.05) is 0 Å². The maximum Gasteiger partial charge on any atom is 0.257 e. The van der Waals surface area contributed by atoms with E-state index in [1.165, 1.54) is 11.1 Å². The van der Waals surface area contributed by atoms with Crippen molar-refractivity contribution in [1.29, 1.82) is 0 Å². The van der Waals surface area contributed by atoms with Crippen LogP contribution in [0.3, 0.4) is 0 Å². The normalized spacial score (nSPS) is 10.5. The van der Waals surface area contributed by atoms with Gasteiger partial charge >= 0.3 is 0 Å². The first-order chi connectivity index (χ1) is 6.65. The topological polar surface area (TPSA) is 38.9 Å². The number of nitrogens with zero attached hydrogens (tertiary/aromatic N) is 2. The molecule has 0 unspecified atom stereocenters. The van der Waals surface area contributed by atoms with Crippen LogP contribution in [-0.4, -0.2) is 10.1 Å². The molecule has 2 rings (SSSR count). The highest BCUT2D eigenvalue weighted by Crippen LogP contribution is 2.19. The van der Waals surface area contributed by atoms with E-state index in [0.29, 0.717) is 11.7 Å². The summed E-state index contributed by atoms with van der Waals surface area (Å²) >= 11 is 0. The van der Waals surface area contributed by atoms with Gasteiger partial charge in [-0.05, 0) is 32.9 Å². The average molecular weight is 188 g/mol. The second-order valence-corrected chi connectivity index (χ2v) is 3.52. The number of aryl methyl sites for hydroxylation is 3. The van der Waals surface area contributed by atoms with Crippen LogP contribution in [0.25, 0.3) is 11.5 Å². The zero-order valence-electron chi connectivity index (χ0n) is 8.53. The second-order valence-electron chi connectivity index (χ2n) is 3.52. The first-order valence-corrected chi connectivity index (χ1v) is 4.54. The van der Waals surface area contributed by atoms with Crippen molar-refractivity contribution in [3.63, 3.8) is 0 Å². The van der Waals surface area contributed by atoms with Crippen LogP contribution in [0.15, 0.2) is 22.7 Å². The van der Waals surface area contributed by atoms with Crippen molar-refractivity contribution in [2.24, 2.45) is 0 Å². The van der Waals surface area contributed by atoms with Gasteiger partial charge in [0.05, 0.1) is 0 Å². The molecule has 0 fully saturated rings. The molecule has 0 saturated heterocycles. The van der Waals surface area contributed by atoms with Gasteiger partial charge in [0.25, 0.3) is 5.89 Å². The highest BCUT2D eigenvalue weighted by atomic mass is 16.5. The summed E-state index contributed by atoms with van der Waals surface area (Å²) in [7, 11) is 0. The van der Waals surface area contributed by atoms with E-state index in [0.717, 1.165) is 5.56 Å². The van der Waals surface area contributed by atoms with Gasteiger partial charge in [-0.15, -0.1) is 0 Å². The average Bonchev–Trinajstić information content (AvgIpc) is 2.50. The van der Waals surface area contributed by atoms with Gasteiger partial charge in [0.1, 0.15) is 0 Å². The fourth-order valence-corrected chi connectivity index (χ4v) is 1.51. The molecule has 1 aromatic carbocycles. The lowest BCUT2D eigenvalue weighted by Crippen LogP contribution is -1.82. The number of hydrogen-bond donors (Lipinski definition) is 0. The quantitative estimate of drug-likeness (QED) is 0.690. The molecule has 3 heteroatoms. The summed E-state index contributed by atoms with van der Waals surface area (Å²) < 4.78 is 5.10. The van der Waals surface area contributed by atoms with E-state index in [2.05, 4.69) is 30.1 Å². The second kappa shape index (κ2) is 3.25. The third kappa shape index (κ3) is 1.66. The van der Waals surface area contributed by atoms with E-state index in [1.54, 1.807) is 0 Å². The minimum absolute atomic E-state index is 0.592. The summed E-state index contributed by atoms with van der Waals surface area (Å²) in [6, 6.07) is 6.20. The smallest absolute Gasteiger partial charge is 0.257 e. The van der Waals surface area contributed by atoms with Crippen molar-refractivity contribution < 1.29 is 4.52 Å². The molecule has 72 valence electrons. The highest BCUT2D eigenvalue weighted by Gasteiger charge is 2.06. The Labute approximate surface area is 82.8 Å². The first kappa shape index (κ1) is 8.94. The Morgan fingerprint density at radius 1 is 1.00 bits per heavy atom. The predicted molar refractivity (Wildman–Crippen MR) is 53.9 cm³/mol. The van der Waals surface area contributed by atoms with Crippen LogP contribution < -0.4 is 0 Å². The van der Waals surface area contributed by atoms with Gasteiger partial charge < -0.3 is 4.52 Å². The van der Waals surface area contributed by atoms with Gasteiger partial charge in [0.2, 0.25) is 0 Å². The van der Waals surface area contributed by atoms with Crippen LogP contribution in [0.4, 0.5) is 0 Å². The standard InChI is InChI=1S/C11H12N2O/c1-7-4-8(2)6-10(5-7)11-12-9(3)13-14-11/h4-6H,1-3H3. The maximum atomic E-state index is 5.10. The summed E-state index contributed by atoms with van der Waals surface area (Å²) in [4.78, 5) is 4.19. The zero-order chi connectivity index (χ0) is 10.1. The molecule has 0 saturated carbocycles. The van der Waals surface area contributed by atoms with Crippen LogP contribution in [0.2, 0.25) is 0 Å². The lowest BCUT2D eigenvalue weighted by molar-refractivity contribution is 0.425. The van der Waals surface area contributed by atoms with Crippen LogP contribution in [0, 0.1) is 20.8 Å². The first-order valence-electron chi connectivity index (χ1n) is 4.54. The molecule has 0 bridgehead atoms. The summed E-state index contributed by atoms with van der Waals surface area (Å²) in [5.74, 6) is 1.26. The minimum Gasteiger partial charge on any atom is -0.334 e. The van der Waals surface area contributed by atoms with E-state index in [1.807, 2.05) is 19.1 Å². The largest absolute Gasteiger partial charge is 0.334 e. The van der Waals surface area contributed by atoms with Crippen molar-refractivity contribution in [2.45, 2.75) is 20.8 Å². The monoisotopic (exact) mass is 188 g/mol. The Bertz CT molecular complexity index is 440. The maximum absolute atomic E-state index is 5.10. The third-order valence-corrected chi connectivity index (χ3v) is 2.00. The van der Waals surface area contributed by atoms with Gasteiger partial charge in [-0.3, -0.25) is 0 Å². The Balaban J connectivity index is 2.51. The molecule has 0 aliphatic rings. The number of aromatic nitrogens is 2. The molecule has 1 aromatic heterocycles. The van der Waals surface area contributed by atoms with Gasteiger partial charge in [-0.25, -0.2) is 0 Å². The summed E-state index contributed by atoms with van der Waals surface area (Å²) in [6.45, 7) is 5.93. The SMILES string of the molecule is Cc1cc(C)cc(-c2nc(C)no2)c1. The fourth-order valence-electron chi connectivity index (χ4n) is 1.51. The van der Waals surface area contributed by atoms with E-state index >= 15 is 0 Å². The molecule has 0 atom stereocenters. The van der Waals surface area contributed by atoms with E-state index < -0.39 is 0 Å². The van der Waals surface area contributed by atoms with Crippen LogP contribution >= 0.6 is 0 Å². The highest BCUT2D eigenvalue weighted by molar-refractivity contribution is 5.55. The molecular formula is C11H12N2O. The number of hydrogen-bond acceptors (Lipinski definition) is 3. The summed E-state index contributed by atoms with van der Waals surface area (Å²) in [5.41, 5.74) is 3.40. The molecule has 1 heterocycles. The van der Waals surface area contributed by atoms with Crippen molar-refractivity contribution >= 4 is 0 Å². The Morgan fingerprint density at radius 2 is 1.64 bits per heavy atom. The molecule has 0 N–H and O–H groups in total. The lowest BCUT2D eigenvalue weighted by atomic mass is 10.1. The Kier molecular flexibility index (Phi) is 2.08. The minimum atomic E-state index is 0.592. The Hall–Kier alpha value is -1.64. The molecule has 0 aliphatic carbocycles. The van der Waals surface area contributed by atoms with Crippen LogP contribution in [-0.2, 0) is 0 Å². The van der Waals surface area contributed by atoms with Gasteiger partial charge in [0.15, 0.2) is 5.82 Å². The van der Waals surface area contributed by atoms with Crippen molar-refractivity contribution in [3.05, 3.63) is 35.2 Å². The van der Waals surface area contributed by atoms with Crippen molar-refractivity contribution in [1.82, 2.24) is 10.1 Å². The fraction of sp³-hybridized carbons (Fsp3) is 0.273. The number of benzene rings is 1. The lowest BCUT2D eigenvalue weighted by Gasteiger charge is -1.99. The molecular weight excluding hydrogens is 176 g/mol. The molecule has 14 heavy (non-hydrogen) atoms. The Morgan fingerprint density at radius 3 is 2.14 bits per heavy atom. The third-order valence-electron chi connectivity index (χ3n) is 2.00. The molecule has 0 spiro atoms. The van der Waals surface area contributed by atoms with E-state index in [-0.39, 0.29) is 0 Å². The van der Waals surface area contributed by atoms with Gasteiger partial charge in [0, 0.05) is 5.56 Å². The van der Waals surface area contributed by atoms with Gasteiger partial charge in [-0.2, -0.15) is 4.98 Å². The van der Waals surface area contributed by atoms with E-state index in [9.17, 15) is 0 Å². The van der Waals surface area contributed by atoms with Crippen molar-refractivity contribution in [3.8, 4) is 11.5 Å². The van der Waals surface area contributed by atoms with Gasteiger partial charge in [-0.1, -0.05) is 22.3 Å². The van der Waals surface area contributed by atoms with Crippen LogP contribution in [0.5, 0.6) is 0 Å². The molecule has 0 radical (unpaired) electrons. The summed E-state index contributed by atoms with van der Waals surface area (Å²) in [5, 5.41) is 3.77.